The van der Waals surface area contributed by atoms with Crippen molar-refractivity contribution in [1.82, 2.24) is 9.80 Å². The number of imide groups is 1. The Morgan fingerprint density at radius 1 is 1.09 bits per heavy atom. The number of carbonyl (C=O) groups excluding carboxylic acids is 2. The highest BCUT2D eigenvalue weighted by Crippen LogP contribution is 2.36. The largest absolute Gasteiger partial charge is 0.496 e. The maximum atomic E-state index is 13.7. The summed E-state index contributed by atoms with van der Waals surface area (Å²) in [5.41, 5.74) is 4.56. The van der Waals surface area contributed by atoms with Crippen molar-refractivity contribution in [3.05, 3.63) is 70.4 Å². The number of amides is 2. The van der Waals surface area contributed by atoms with Crippen molar-refractivity contribution in [3.63, 3.8) is 0 Å². The predicted molar refractivity (Wildman–Crippen MR) is 123 cm³/mol. The SMILES string of the molecule is COc1ccccc1CN1C(=O)C(c2ccc(C)cc2C)=C(N2CCCC(CO)C2)C1=O. The van der Waals surface area contributed by atoms with E-state index in [0.29, 0.717) is 30.1 Å². The standard InChI is InChI=1S/C26H30N2O4/c1-17-10-11-21(18(2)13-17)23-24(27-12-6-7-19(14-27)16-29)26(31)28(25(23)30)15-20-8-4-5-9-22(20)32-3/h4-5,8-11,13,19,29H,6-7,12,14-16H2,1-3H3. The summed E-state index contributed by atoms with van der Waals surface area (Å²) in [5.74, 6) is 0.180. The Morgan fingerprint density at radius 3 is 2.59 bits per heavy atom. The van der Waals surface area contributed by atoms with E-state index in [-0.39, 0.29) is 30.9 Å². The summed E-state index contributed by atoms with van der Waals surface area (Å²) < 4.78 is 5.44. The first-order valence-corrected chi connectivity index (χ1v) is 11.1. The van der Waals surface area contributed by atoms with Gasteiger partial charge in [0.15, 0.2) is 0 Å². The van der Waals surface area contributed by atoms with Crippen molar-refractivity contribution >= 4 is 17.4 Å². The summed E-state index contributed by atoms with van der Waals surface area (Å²) in [7, 11) is 1.58. The van der Waals surface area contributed by atoms with Crippen molar-refractivity contribution < 1.29 is 19.4 Å². The fourth-order valence-corrected chi connectivity index (χ4v) is 4.76. The first kappa shape index (κ1) is 22.1. The molecule has 2 aromatic rings. The highest BCUT2D eigenvalue weighted by molar-refractivity contribution is 6.35. The van der Waals surface area contributed by atoms with Gasteiger partial charge in [0, 0.05) is 25.3 Å². The number of benzene rings is 2. The lowest BCUT2D eigenvalue weighted by molar-refractivity contribution is -0.138. The van der Waals surface area contributed by atoms with Crippen LogP contribution < -0.4 is 4.74 Å². The van der Waals surface area contributed by atoms with Crippen molar-refractivity contribution in [2.75, 3.05) is 26.8 Å². The van der Waals surface area contributed by atoms with Gasteiger partial charge in [-0.05, 0) is 49.8 Å². The molecule has 0 bridgehead atoms. The maximum absolute atomic E-state index is 13.7. The minimum atomic E-state index is -0.283. The zero-order valence-corrected chi connectivity index (χ0v) is 18.9. The number of para-hydroxylation sites is 1. The molecule has 0 aliphatic carbocycles. The number of hydrogen-bond acceptors (Lipinski definition) is 5. The van der Waals surface area contributed by atoms with Gasteiger partial charge in [-0.2, -0.15) is 0 Å². The van der Waals surface area contributed by atoms with E-state index in [4.69, 9.17) is 4.74 Å². The van der Waals surface area contributed by atoms with Gasteiger partial charge in [-0.25, -0.2) is 0 Å². The van der Waals surface area contributed by atoms with Crippen LogP contribution in [0.25, 0.3) is 5.57 Å². The fourth-order valence-electron chi connectivity index (χ4n) is 4.76. The van der Waals surface area contributed by atoms with Crippen LogP contribution in [0.4, 0.5) is 0 Å². The molecular weight excluding hydrogens is 404 g/mol. The molecular formula is C26H30N2O4. The molecule has 2 aliphatic rings. The molecule has 0 radical (unpaired) electrons. The lowest BCUT2D eigenvalue weighted by atomic mass is 9.95. The summed E-state index contributed by atoms with van der Waals surface area (Å²) in [6, 6.07) is 13.4. The van der Waals surface area contributed by atoms with Gasteiger partial charge >= 0.3 is 0 Å². The highest BCUT2D eigenvalue weighted by Gasteiger charge is 2.43. The monoisotopic (exact) mass is 434 g/mol. The first-order valence-electron chi connectivity index (χ1n) is 11.1. The van der Waals surface area contributed by atoms with Gasteiger partial charge in [0.05, 0.1) is 19.2 Å². The Balaban J connectivity index is 1.78. The smallest absolute Gasteiger partial charge is 0.278 e. The fraction of sp³-hybridized carbons (Fsp3) is 0.385. The summed E-state index contributed by atoms with van der Waals surface area (Å²) in [4.78, 5) is 30.7. The summed E-state index contributed by atoms with van der Waals surface area (Å²) in [6.45, 7) is 5.48. The van der Waals surface area contributed by atoms with E-state index < -0.39 is 0 Å². The van der Waals surface area contributed by atoms with Crippen molar-refractivity contribution in [1.29, 1.82) is 0 Å². The van der Waals surface area contributed by atoms with E-state index in [0.717, 1.165) is 35.1 Å². The third-order valence-electron chi connectivity index (χ3n) is 6.41. The molecule has 1 fully saturated rings. The van der Waals surface area contributed by atoms with Crippen LogP contribution in [0, 0.1) is 19.8 Å². The Kier molecular flexibility index (Phi) is 6.33. The maximum Gasteiger partial charge on any atom is 0.278 e. The topological polar surface area (TPSA) is 70.1 Å². The molecule has 1 N–H and O–H groups in total. The first-order chi connectivity index (χ1) is 15.4. The molecule has 32 heavy (non-hydrogen) atoms. The van der Waals surface area contributed by atoms with E-state index in [1.165, 1.54) is 4.90 Å². The van der Waals surface area contributed by atoms with E-state index >= 15 is 0 Å². The predicted octanol–water partition coefficient (Wildman–Crippen LogP) is 3.30. The molecule has 2 aliphatic heterocycles. The number of aliphatic hydroxyl groups excluding tert-OH is 1. The highest BCUT2D eigenvalue weighted by atomic mass is 16.5. The van der Waals surface area contributed by atoms with E-state index in [9.17, 15) is 14.7 Å². The number of piperidine rings is 1. The average molecular weight is 435 g/mol. The third-order valence-corrected chi connectivity index (χ3v) is 6.41. The van der Waals surface area contributed by atoms with Gasteiger partial charge in [0.1, 0.15) is 11.4 Å². The Bertz CT molecular complexity index is 1080. The molecule has 2 heterocycles. The van der Waals surface area contributed by atoms with Gasteiger partial charge in [0.2, 0.25) is 0 Å². The van der Waals surface area contributed by atoms with Crippen LogP contribution in [0.15, 0.2) is 48.2 Å². The minimum Gasteiger partial charge on any atom is -0.496 e. The summed E-state index contributed by atoms with van der Waals surface area (Å²) >= 11 is 0. The van der Waals surface area contributed by atoms with Gasteiger partial charge < -0.3 is 14.7 Å². The molecule has 1 unspecified atom stereocenters. The lowest BCUT2D eigenvalue weighted by Crippen LogP contribution is -2.40. The Labute approximate surface area is 189 Å². The number of hydrogen-bond donors (Lipinski definition) is 1. The molecule has 0 spiro atoms. The number of carbonyl (C=O) groups is 2. The number of methoxy groups -OCH3 is 1. The number of nitrogens with zero attached hydrogens (tertiary/aromatic N) is 2. The van der Waals surface area contributed by atoms with Crippen molar-refractivity contribution in [3.8, 4) is 5.75 Å². The number of rotatable bonds is 6. The molecule has 0 saturated carbocycles. The molecule has 4 rings (SSSR count). The van der Waals surface area contributed by atoms with Crippen LogP contribution in [-0.4, -0.2) is 53.5 Å². The lowest BCUT2D eigenvalue weighted by Gasteiger charge is -2.34. The van der Waals surface area contributed by atoms with Gasteiger partial charge in [-0.3, -0.25) is 14.5 Å². The van der Waals surface area contributed by atoms with E-state index in [1.54, 1.807) is 7.11 Å². The zero-order chi connectivity index (χ0) is 22.8. The number of likely N-dealkylation sites (tertiary alicyclic amines) is 1. The Hall–Kier alpha value is -3.12. The van der Waals surface area contributed by atoms with Crippen LogP contribution in [0.3, 0.4) is 0 Å². The molecule has 168 valence electrons. The Morgan fingerprint density at radius 2 is 1.88 bits per heavy atom. The van der Waals surface area contributed by atoms with Crippen LogP contribution in [0.5, 0.6) is 5.75 Å². The quantitative estimate of drug-likeness (QED) is 0.707. The molecule has 6 heteroatoms. The summed E-state index contributed by atoms with van der Waals surface area (Å²) in [6.07, 6.45) is 1.80. The second-order valence-electron chi connectivity index (χ2n) is 8.69. The molecule has 1 saturated heterocycles. The van der Waals surface area contributed by atoms with Crippen LogP contribution in [0.1, 0.15) is 35.1 Å². The molecule has 2 aromatic carbocycles. The van der Waals surface area contributed by atoms with E-state index in [1.807, 2.05) is 61.2 Å². The van der Waals surface area contributed by atoms with E-state index in [2.05, 4.69) is 0 Å². The minimum absolute atomic E-state index is 0.0791. The van der Waals surface area contributed by atoms with Crippen molar-refractivity contribution in [2.45, 2.75) is 33.2 Å². The molecule has 0 aromatic heterocycles. The van der Waals surface area contributed by atoms with Crippen molar-refractivity contribution in [2.24, 2.45) is 5.92 Å². The molecule has 2 amide bonds. The van der Waals surface area contributed by atoms with Crippen LogP contribution in [-0.2, 0) is 16.1 Å². The summed E-state index contributed by atoms with van der Waals surface area (Å²) in [5, 5.41) is 9.71. The number of ether oxygens (including phenoxy) is 1. The second kappa shape index (κ2) is 9.17. The normalized spacial score (nSPS) is 19.2. The zero-order valence-electron chi connectivity index (χ0n) is 18.9. The number of aryl methyl sites for hydroxylation is 2. The van der Waals surface area contributed by atoms with Gasteiger partial charge in [-0.1, -0.05) is 42.0 Å². The molecule has 1 atom stereocenters. The average Bonchev–Trinajstić information content (AvgIpc) is 3.04. The van der Waals surface area contributed by atoms with Gasteiger partial charge in [0.25, 0.3) is 11.8 Å². The third kappa shape index (κ3) is 4.02. The number of aliphatic hydroxyl groups is 1. The van der Waals surface area contributed by atoms with Gasteiger partial charge in [-0.15, -0.1) is 0 Å². The van der Waals surface area contributed by atoms with Crippen LogP contribution in [0.2, 0.25) is 0 Å². The molecule has 6 nitrogen and oxygen atoms in total. The second-order valence-corrected chi connectivity index (χ2v) is 8.69. The van der Waals surface area contributed by atoms with Crippen LogP contribution >= 0.6 is 0 Å².